The minimum Gasteiger partial charge on any atom is -0.311 e. The molecule has 238 valence electrons. The third kappa shape index (κ3) is 6.56. The number of hydrogen-bond acceptors (Lipinski definition) is 2. The van der Waals surface area contributed by atoms with Crippen LogP contribution in [-0.2, 0) is 0 Å². The zero-order valence-electron chi connectivity index (χ0n) is 27.7. The van der Waals surface area contributed by atoms with Gasteiger partial charge in [0.1, 0.15) is 0 Å². The van der Waals surface area contributed by atoms with E-state index in [0.717, 1.165) is 45.3 Å². The van der Waals surface area contributed by atoms with E-state index in [4.69, 9.17) is 0 Å². The van der Waals surface area contributed by atoms with Gasteiger partial charge in [0.25, 0.3) is 0 Å². The number of benzene rings is 8. The topological polar surface area (TPSA) is 6.48 Å². The van der Waals surface area contributed by atoms with Crippen LogP contribution in [-0.4, -0.2) is 0 Å². The van der Waals surface area contributed by atoms with Crippen molar-refractivity contribution in [2.24, 2.45) is 0 Å². The fourth-order valence-electron chi connectivity index (χ4n) is 6.59. The van der Waals surface area contributed by atoms with E-state index in [9.17, 15) is 0 Å². The van der Waals surface area contributed by atoms with Crippen LogP contribution in [0.25, 0.3) is 22.4 Å². The van der Waals surface area contributed by atoms with E-state index in [1.54, 1.807) is 0 Å². The quantitative estimate of drug-likeness (QED) is 0.145. The Bertz CT molecular complexity index is 2260. The summed E-state index contributed by atoms with van der Waals surface area (Å²) in [5, 5.41) is 2.40. The van der Waals surface area contributed by atoms with Crippen molar-refractivity contribution < 1.29 is 0 Å². The van der Waals surface area contributed by atoms with Crippen LogP contribution < -0.4 is 9.80 Å². The largest absolute Gasteiger partial charge is 0.311 e. The van der Waals surface area contributed by atoms with Crippen LogP contribution in [0.15, 0.2) is 212 Å². The number of anilines is 6. The van der Waals surface area contributed by atoms with Crippen molar-refractivity contribution in [1.82, 2.24) is 0 Å². The molecule has 0 fully saturated rings. The molecule has 0 aliphatic carbocycles. The van der Waals surface area contributed by atoms with Gasteiger partial charge in [-0.15, -0.1) is 0 Å². The Kier molecular flexibility index (Phi) is 8.73. The van der Waals surface area contributed by atoms with Crippen molar-refractivity contribution in [3.8, 4) is 0 Å². The highest BCUT2D eigenvalue weighted by molar-refractivity contribution is 5.95. The lowest BCUT2D eigenvalue weighted by atomic mass is 9.94. The fraction of sp³-hybridized carbons (Fsp3) is 0. The van der Waals surface area contributed by atoms with Gasteiger partial charge in [0.2, 0.25) is 0 Å². The van der Waals surface area contributed by atoms with Gasteiger partial charge in [0, 0.05) is 34.1 Å². The van der Waals surface area contributed by atoms with Gasteiger partial charge in [0.15, 0.2) is 0 Å². The molecule has 0 unspecified atom stereocenters. The summed E-state index contributed by atoms with van der Waals surface area (Å²) in [6, 6.07) is 75.3. The molecule has 0 heterocycles. The van der Waals surface area contributed by atoms with E-state index in [0.29, 0.717) is 0 Å². The van der Waals surface area contributed by atoms with Crippen molar-refractivity contribution in [3.63, 3.8) is 0 Å². The first-order valence-corrected chi connectivity index (χ1v) is 17.0. The number of rotatable bonds is 9. The van der Waals surface area contributed by atoms with Crippen molar-refractivity contribution in [3.05, 3.63) is 229 Å². The molecular weight excluding hydrogens is 605 g/mol. The summed E-state index contributed by atoms with van der Waals surface area (Å²) in [4.78, 5) is 4.60. The van der Waals surface area contributed by atoms with E-state index in [-0.39, 0.29) is 0 Å². The Morgan fingerprint density at radius 3 is 1.16 bits per heavy atom. The molecule has 8 rings (SSSR count). The molecule has 0 spiro atoms. The molecule has 0 aliphatic rings. The first kappa shape index (κ1) is 30.7. The summed E-state index contributed by atoms with van der Waals surface area (Å²) >= 11 is 0. The molecule has 2 nitrogen and oxygen atoms in total. The normalized spacial score (nSPS) is 11.3. The number of para-hydroxylation sites is 4. The third-order valence-electron chi connectivity index (χ3n) is 9.00. The Morgan fingerprint density at radius 1 is 0.300 bits per heavy atom. The Balaban J connectivity index is 1.16. The molecule has 2 heteroatoms. The second-order valence-corrected chi connectivity index (χ2v) is 12.3. The van der Waals surface area contributed by atoms with Gasteiger partial charge < -0.3 is 9.80 Å². The average molecular weight is 641 g/mol. The van der Waals surface area contributed by atoms with Gasteiger partial charge in [-0.2, -0.15) is 0 Å². The molecule has 50 heavy (non-hydrogen) atoms. The predicted molar refractivity (Wildman–Crippen MR) is 213 cm³/mol. The van der Waals surface area contributed by atoms with Crippen LogP contribution in [0.5, 0.6) is 0 Å². The SMILES string of the molecule is C(=C(c1ccccc1)c1ccc(N(c2ccccc2)c2ccccc2)cc1)c1ccc2cc(N(c3ccccc3)c3ccccc3)ccc2c1. The second kappa shape index (κ2) is 14.2. The first-order valence-electron chi connectivity index (χ1n) is 17.0. The van der Waals surface area contributed by atoms with Crippen LogP contribution in [0.4, 0.5) is 34.1 Å². The summed E-state index contributed by atoms with van der Waals surface area (Å²) in [6.07, 6.45) is 2.31. The lowest BCUT2D eigenvalue weighted by molar-refractivity contribution is 1.28. The van der Waals surface area contributed by atoms with E-state index in [2.05, 4.69) is 228 Å². The molecule has 0 atom stereocenters. The lowest BCUT2D eigenvalue weighted by Gasteiger charge is -2.25. The molecule has 8 aromatic rings. The highest BCUT2D eigenvalue weighted by Crippen LogP contribution is 2.38. The van der Waals surface area contributed by atoms with E-state index in [1.165, 1.54) is 21.9 Å². The van der Waals surface area contributed by atoms with Gasteiger partial charge in [-0.25, -0.2) is 0 Å². The zero-order valence-corrected chi connectivity index (χ0v) is 27.7. The van der Waals surface area contributed by atoms with Crippen molar-refractivity contribution in [1.29, 1.82) is 0 Å². The van der Waals surface area contributed by atoms with Crippen molar-refractivity contribution >= 4 is 56.5 Å². The maximum atomic E-state index is 2.31. The van der Waals surface area contributed by atoms with Crippen LogP contribution in [0.3, 0.4) is 0 Å². The summed E-state index contributed by atoms with van der Waals surface area (Å²) < 4.78 is 0. The Hall–Kier alpha value is -6.64. The fourth-order valence-corrected chi connectivity index (χ4v) is 6.59. The number of nitrogens with zero attached hydrogens (tertiary/aromatic N) is 2. The summed E-state index contributed by atoms with van der Waals surface area (Å²) in [5.41, 5.74) is 11.4. The van der Waals surface area contributed by atoms with Gasteiger partial charge in [0.05, 0.1) is 0 Å². The van der Waals surface area contributed by atoms with Gasteiger partial charge in [-0.3, -0.25) is 0 Å². The van der Waals surface area contributed by atoms with E-state index >= 15 is 0 Å². The van der Waals surface area contributed by atoms with E-state index in [1.807, 2.05) is 0 Å². The van der Waals surface area contributed by atoms with Crippen LogP contribution in [0, 0.1) is 0 Å². The standard InChI is InChI=1S/C48H36N2/c1-6-16-38(17-7-1)48(39-28-31-46(32-29-39)49(42-18-8-2-9-19-42)43-20-10-3-11-21-43)35-37-26-27-41-36-47(33-30-40(41)34-37)50(44-22-12-4-13-23-44)45-24-14-5-15-25-45/h1-36H. The monoisotopic (exact) mass is 640 g/mol. The first-order chi connectivity index (χ1) is 24.8. The molecule has 0 radical (unpaired) electrons. The second-order valence-electron chi connectivity index (χ2n) is 12.3. The van der Waals surface area contributed by atoms with E-state index < -0.39 is 0 Å². The number of hydrogen-bond donors (Lipinski definition) is 0. The van der Waals surface area contributed by atoms with Gasteiger partial charge in [-0.05, 0) is 118 Å². The molecule has 0 aromatic heterocycles. The highest BCUT2D eigenvalue weighted by Gasteiger charge is 2.15. The van der Waals surface area contributed by atoms with Gasteiger partial charge >= 0.3 is 0 Å². The molecule has 0 amide bonds. The minimum absolute atomic E-state index is 1.11. The molecule has 8 aromatic carbocycles. The van der Waals surface area contributed by atoms with Crippen molar-refractivity contribution in [2.45, 2.75) is 0 Å². The molecular formula is C48H36N2. The summed E-state index contributed by atoms with van der Waals surface area (Å²) in [6.45, 7) is 0. The van der Waals surface area contributed by atoms with Crippen LogP contribution >= 0.6 is 0 Å². The smallest absolute Gasteiger partial charge is 0.0468 e. The average Bonchev–Trinajstić information content (AvgIpc) is 3.19. The van der Waals surface area contributed by atoms with Crippen molar-refractivity contribution in [2.75, 3.05) is 9.80 Å². The third-order valence-corrected chi connectivity index (χ3v) is 9.00. The molecule has 0 N–H and O–H groups in total. The van der Waals surface area contributed by atoms with Crippen LogP contribution in [0.2, 0.25) is 0 Å². The summed E-state index contributed by atoms with van der Waals surface area (Å²) in [5.74, 6) is 0. The molecule has 0 saturated heterocycles. The highest BCUT2D eigenvalue weighted by atomic mass is 15.1. The lowest BCUT2D eigenvalue weighted by Crippen LogP contribution is -2.09. The predicted octanol–water partition coefficient (Wildman–Crippen LogP) is 13.4. The van der Waals surface area contributed by atoms with Crippen LogP contribution in [0.1, 0.15) is 16.7 Å². The maximum absolute atomic E-state index is 2.31. The minimum atomic E-state index is 1.11. The summed E-state index contributed by atoms with van der Waals surface area (Å²) in [7, 11) is 0. The Labute approximate surface area is 294 Å². The number of fused-ring (bicyclic) bond motifs is 1. The molecule has 0 saturated carbocycles. The maximum Gasteiger partial charge on any atom is 0.0468 e. The van der Waals surface area contributed by atoms with Gasteiger partial charge in [-0.1, -0.05) is 133 Å². The molecule has 0 bridgehead atoms. The Morgan fingerprint density at radius 2 is 0.660 bits per heavy atom. The zero-order chi connectivity index (χ0) is 33.5. The molecule has 0 aliphatic heterocycles.